The van der Waals surface area contributed by atoms with E-state index in [1.807, 2.05) is 0 Å². The van der Waals surface area contributed by atoms with Gasteiger partial charge in [-0.25, -0.2) is 4.39 Å². The fourth-order valence-electron chi connectivity index (χ4n) is 3.25. The maximum Gasteiger partial charge on any atom is 0.274 e. The normalized spacial score (nSPS) is 16.2. The Hall–Kier alpha value is -2.70. The molecule has 1 saturated carbocycles. The van der Waals surface area contributed by atoms with Crippen LogP contribution in [-0.2, 0) is 4.79 Å². The molecule has 2 N–H and O–H groups in total. The molecule has 0 radical (unpaired) electrons. The Morgan fingerprint density at radius 2 is 1.92 bits per heavy atom. The smallest absolute Gasteiger partial charge is 0.274 e. The number of likely N-dealkylation sites (N-methyl/N-ethyl adjacent to an activating group) is 1. The zero-order valence-corrected chi connectivity index (χ0v) is 14.0. The Kier molecular flexibility index (Phi) is 4.83. The first kappa shape index (κ1) is 17.1. The number of amides is 2. The van der Waals surface area contributed by atoms with E-state index in [0.717, 1.165) is 19.3 Å². The molecular weight excluding hydrogens is 325 g/mol. The predicted molar refractivity (Wildman–Crippen MR) is 89.2 cm³/mol. The number of hydrogen-bond donors (Lipinski definition) is 2. The minimum atomic E-state index is -0.929. The summed E-state index contributed by atoms with van der Waals surface area (Å²) in [5, 5.41) is 9.17. The summed E-state index contributed by atoms with van der Waals surface area (Å²) in [7, 11) is 1.55. The van der Waals surface area contributed by atoms with Crippen molar-refractivity contribution in [2.24, 2.45) is 0 Å². The summed E-state index contributed by atoms with van der Waals surface area (Å²) in [6.45, 7) is 0. The summed E-state index contributed by atoms with van der Waals surface area (Å²) in [6.07, 6.45) is 3.93. The van der Waals surface area contributed by atoms with Gasteiger partial charge in [0, 0.05) is 13.1 Å². The monoisotopic (exact) mass is 345 g/mol. The molecule has 132 valence electrons. The summed E-state index contributed by atoms with van der Waals surface area (Å²) in [5.74, 6) is -1.00. The Morgan fingerprint density at radius 3 is 2.60 bits per heavy atom. The van der Waals surface area contributed by atoms with E-state index < -0.39 is 17.3 Å². The van der Waals surface area contributed by atoms with Crippen molar-refractivity contribution in [3.63, 3.8) is 0 Å². The molecule has 2 amide bonds. The molecule has 1 aliphatic carbocycles. The van der Waals surface area contributed by atoms with Crippen LogP contribution in [0.5, 0.6) is 0 Å². The maximum absolute atomic E-state index is 13.8. The molecule has 0 aliphatic heterocycles. The first-order valence-electron chi connectivity index (χ1n) is 8.32. The van der Waals surface area contributed by atoms with Crippen LogP contribution in [0.2, 0.25) is 0 Å². The topological polar surface area (TPSA) is 84.2 Å². The van der Waals surface area contributed by atoms with Crippen molar-refractivity contribution >= 4 is 11.8 Å². The quantitative estimate of drug-likeness (QED) is 0.892. The second-order valence-electron chi connectivity index (χ2n) is 6.23. The first-order valence-corrected chi connectivity index (χ1v) is 8.32. The van der Waals surface area contributed by atoms with E-state index in [0.29, 0.717) is 12.8 Å². The average Bonchev–Trinajstić information content (AvgIpc) is 3.12. The number of carbonyl (C=O) groups is 2. The lowest BCUT2D eigenvalue weighted by Crippen LogP contribution is -2.59. The lowest BCUT2D eigenvalue weighted by molar-refractivity contribution is -0.128. The van der Waals surface area contributed by atoms with Crippen LogP contribution in [-0.4, -0.2) is 29.6 Å². The molecule has 1 aromatic carbocycles. The largest absolute Gasteiger partial charge is 0.357 e. The van der Waals surface area contributed by atoms with Crippen molar-refractivity contribution < 1.29 is 18.5 Å². The number of nitrogens with zero attached hydrogens (tertiary/aromatic N) is 1. The third-order valence-electron chi connectivity index (χ3n) is 4.60. The molecule has 3 rings (SSSR count). The van der Waals surface area contributed by atoms with Gasteiger partial charge in [-0.15, -0.1) is 0 Å². The van der Waals surface area contributed by atoms with Crippen molar-refractivity contribution in [3.05, 3.63) is 41.8 Å². The highest BCUT2D eigenvalue weighted by molar-refractivity contribution is 5.98. The van der Waals surface area contributed by atoms with E-state index in [-0.39, 0.29) is 22.9 Å². The highest BCUT2D eigenvalue weighted by Crippen LogP contribution is 2.29. The molecule has 2 aromatic rings. The number of hydrogen-bond acceptors (Lipinski definition) is 4. The SMILES string of the molecule is CNC(=O)C1(NC(=O)c2cc(-c3ccccc3F)on2)CCCCC1. The molecule has 1 fully saturated rings. The van der Waals surface area contributed by atoms with Gasteiger partial charge in [0.15, 0.2) is 11.5 Å². The summed E-state index contributed by atoms with van der Waals surface area (Å²) in [6, 6.07) is 7.47. The van der Waals surface area contributed by atoms with Crippen molar-refractivity contribution in [3.8, 4) is 11.3 Å². The van der Waals surface area contributed by atoms with Crippen LogP contribution in [0.25, 0.3) is 11.3 Å². The molecule has 0 saturated heterocycles. The van der Waals surface area contributed by atoms with Gasteiger partial charge in [0.05, 0.1) is 5.56 Å². The second-order valence-corrected chi connectivity index (χ2v) is 6.23. The summed E-state index contributed by atoms with van der Waals surface area (Å²) < 4.78 is 18.9. The molecule has 1 aromatic heterocycles. The van der Waals surface area contributed by atoms with Crippen LogP contribution in [0.3, 0.4) is 0 Å². The fourth-order valence-corrected chi connectivity index (χ4v) is 3.25. The third kappa shape index (κ3) is 3.40. The number of carbonyl (C=O) groups excluding carboxylic acids is 2. The van der Waals surface area contributed by atoms with Gasteiger partial charge >= 0.3 is 0 Å². The van der Waals surface area contributed by atoms with Gasteiger partial charge in [-0.1, -0.05) is 36.6 Å². The highest BCUT2D eigenvalue weighted by atomic mass is 19.1. The second kappa shape index (κ2) is 7.04. The van der Waals surface area contributed by atoms with Gasteiger partial charge in [-0.05, 0) is 25.0 Å². The summed E-state index contributed by atoms with van der Waals surface area (Å²) >= 11 is 0. The third-order valence-corrected chi connectivity index (χ3v) is 4.60. The Balaban J connectivity index is 1.81. The van der Waals surface area contributed by atoms with Crippen LogP contribution in [0.15, 0.2) is 34.9 Å². The number of nitrogens with one attached hydrogen (secondary N) is 2. The van der Waals surface area contributed by atoms with Crippen molar-refractivity contribution in [2.75, 3.05) is 7.05 Å². The van der Waals surface area contributed by atoms with Gasteiger partial charge in [-0.2, -0.15) is 0 Å². The van der Waals surface area contributed by atoms with E-state index in [9.17, 15) is 14.0 Å². The van der Waals surface area contributed by atoms with E-state index in [4.69, 9.17) is 4.52 Å². The molecule has 6 nitrogen and oxygen atoms in total. The van der Waals surface area contributed by atoms with Gasteiger partial charge in [-0.3, -0.25) is 9.59 Å². The predicted octanol–water partition coefficient (Wildman–Crippen LogP) is 2.66. The molecule has 1 heterocycles. The van der Waals surface area contributed by atoms with Crippen LogP contribution >= 0.6 is 0 Å². The van der Waals surface area contributed by atoms with E-state index in [1.54, 1.807) is 25.2 Å². The van der Waals surface area contributed by atoms with Crippen LogP contribution in [0, 0.1) is 5.82 Å². The van der Waals surface area contributed by atoms with Gasteiger partial charge in [0.1, 0.15) is 11.4 Å². The fraction of sp³-hybridized carbons (Fsp3) is 0.389. The lowest BCUT2D eigenvalue weighted by atomic mass is 9.80. The minimum absolute atomic E-state index is 0.0205. The number of rotatable bonds is 4. The van der Waals surface area contributed by atoms with E-state index >= 15 is 0 Å². The van der Waals surface area contributed by atoms with Crippen molar-refractivity contribution in [2.45, 2.75) is 37.6 Å². The Bertz CT molecular complexity index is 781. The molecule has 7 heteroatoms. The van der Waals surface area contributed by atoms with Crippen molar-refractivity contribution in [1.29, 1.82) is 0 Å². The number of benzene rings is 1. The standard InChI is InChI=1S/C18H20FN3O3/c1-20-17(24)18(9-5-2-6-10-18)21-16(23)14-11-15(25-22-14)12-7-3-4-8-13(12)19/h3-4,7-8,11H,2,5-6,9-10H2,1H3,(H,20,24)(H,21,23). The molecule has 0 spiro atoms. The maximum atomic E-state index is 13.8. The number of halogens is 1. The molecular formula is C18H20FN3O3. The van der Waals surface area contributed by atoms with Gasteiger partial charge in [0.2, 0.25) is 5.91 Å². The first-order chi connectivity index (χ1) is 12.1. The minimum Gasteiger partial charge on any atom is -0.357 e. The highest BCUT2D eigenvalue weighted by Gasteiger charge is 2.40. The lowest BCUT2D eigenvalue weighted by Gasteiger charge is -2.35. The Morgan fingerprint density at radius 1 is 1.20 bits per heavy atom. The zero-order valence-electron chi connectivity index (χ0n) is 14.0. The van der Waals surface area contributed by atoms with Crippen molar-refractivity contribution in [1.82, 2.24) is 15.8 Å². The Labute approximate surface area is 144 Å². The van der Waals surface area contributed by atoms with Crippen LogP contribution < -0.4 is 10.6 Å². The van der Waals surface area contributed by atoms with Crippen LogP contribution in [0.4, 0.5) is 4.39 Å². The molecule has 0 bridgehead atoms. The number of aromatic nitrogens is 1. The molecule has 25 heavy (non-hydrogen) atoms. The summed E-state index contributed by atoms with van der Waals surface area (Å²) in [5.41, 5.74) is -0.680. The molecule has 0 unspecified atom stereocenters. The van der Waals surface area contributed by atoms with Gasteiger partial charge in [0.25, 0.3) is 5.91 Å². The van der Waals surface area contributed by atoms with Crippen LogP contribution in [0.1, 0.15) is 42.6 Å². The average molecular weight is 345 g/mol. The van der Waals surface area contributed by atoms with E-state index in [1.165, 1.54) is 12.1 Å². The van der Waals surface area contributed by atoms with E-state index in [2.05, 4.69) is 15.8 Å². The summed E-state index contributed by atoms with van der Waals surface area (Å²) in [4.78, 5) is 24.9. The molecule has 1 aliphatic rings. The molecule has 0 atom stereocenters. The van der Waals surface area contributed by atoms with Gasteiger partial charge < -0.3 is 15.2 Å². The zero-order chi connectivity index (χ0) is 17.9.